The van der Waals surface area contributed by atoms with Crippen molar-refractivity contribution < 1.29 is 22.7 Å². The first kappa shape index (κ1) is 19.3. The first-order valence-corrected chi connectivity index (χ1v) is 10.8. The predicted molar refractivity (Wildman–Crippen MR) is 101 cm³/mol. The van der Waals surface area contributed by atoms with Crippen LogP contribution < -0.4 is 4.74 Å². The van der Waals surface area contributed by atoms with Crippen LogP contribution in [-0.4, -0.2) is 43.0 Å². The van der Waals surface area contributed by atoms with Gasteiger partial charge in [-0.3, -0.25) is 0 Å². The van der Waals surface area contributed by atoms with Gasteiger partial charge in [0.1, 0.15) is 11.4 Å². The van der Waals surface area contributed by atoms with Gasteiger partial charge in [0, 0.05) is 36.7 Å². The Morgan fingerprint density at radius 3 is 2.39 bits per heavy atom. The summed E-state index contributed by atoms with van der Waals surface area (Å²) in [5, 5.41) is 11.5. The Bertz CT molecular complexity index is 950. The number of aliphatic hydroxyl groups is 1. The van der Waals surface area contributed by atoms with Gasteiger partial charge in [-0.1, -0.05) is 12.5 Å². The van der Waals surface area contributed by atoms with E-state index in [1.54, 1.807) is 24.3 Å². The van der Waals surface area contributed by atoms with Crippen LogP contribution in [0.5, 0.6) is 5.75 Å². The van der Waals surface area contributed by atoms with Gasteiger partial charge in [-0.15, -0.1) is 0 Å². The summed E-state index contributed by atoms with van der Waals surface area (Å²) in [4.78, 5) is 3.87. The maximum atomic E-state index is 14.4. The molecule has 1 aromatic carbocycles. The van der Waals surface area contributed by atoms with E-state index in [2.05, 4.69) is 4.98 Å². The Balaban J connectivity index is 1.67. The molecule has 1 saturated heterocycles. The van der Waals surface area contributed by atoms with Crippen molar-refractivity contribution in [3.8, 4) is 5.75 Å². The van der Waals surface area contributed by atoms with Gasteiger partial charge < -0.3 is 9.84 Å². The highest BCUT2D eigenvalue weighted by atomic mass is 32.2. The van der Waals surface area contributed by atoms with Crippen molar-refractivity contribution in [1.82, 2.24) is 9.29 Å². The molecule has 0 amide bonds. The highest BCUT2D eigenvalue weighted by Gasteiger charge is 2.54. The Morgan fingerprint density at radius 1 is 1.18 bits per heavy atom. The number of pyridine rings is 1. The van der Waals surface area contributed by atoms with Gasteiger partial charge in [0.05, 0.1) is 12.0 Å². The highest BCUT2D eigenvalue weighted by Crippen LogP contribution is 2.50. The predicted octanol–water partition coefficient (Wildman–Crippen LogP) is 2.54. The van der Waals surface area contributed by atoms with Crippen LogP contribution in [0, 0.1) is 17.8 Å². The molecule has 1 aliphatic carbocycles. The molecule has 3 atom stereocenters. The van der Waals surface area contributed by atoms with Crippen LogP contribution in [0.25, 0.3) is 0 Å². The number of nitrogens with zero attached hydrogens (tertiary/aromatic N) is 2. The van der Waals surface area contributed by atoms with Crippen LogP contribution in [0.4, 0.5) is 4.39 Å². The van der Waals surface area contributed by atoms with E-state index in [-0.39, 0.29) is 35.4 Å². The van der Waals surface area contributed by atoms with Gasteiger partial charge >= 0.3 is 0 Å². The molecule has 1 N–H and O–H groups in total. The summed E-state index contributed by atoms with van der Waals surface area (Å²) in [5.74, 6) is -0.873. The van der Waals surface area contributed by atoms with Crippen LogP contribution >= 0.6 is 0 Å². The molecular weight excluding hydrogens is 383 g/mol. The fourth-order valence-electron chi connectivity index (χ4n) is 4.63. The summed E-state index contributed by atoms with van der Waals surface area (Å²) in [6.45, 7) is 0.297. The Kier molecular flexibility index (Phi) is 4.89. The minimum atomic E-state index is -3.71. The lowest BCUT2D eigenvalue weighted by Gasteiger charge is -2.52. The summed E-state index contributed by atoms with van der Waals surface area (Å²) < 4.78 is 47.2. The van der Waals surface area contributed by atoms with Crippen molar-refractivity contribution in [2.45, 2.75) is 29.8 Å². The van der Waals surface area contributed by atoms with Crippen molar-refractivity contribution in [2.24, 2.45) is 11.8 Å². The number of benzene rings is 1. The van der Waals surface area contributed by atoms with Crippen LogP contribution in [0.2, 0.25) is 0 Å². The number of hydrogen-bond acceptors (Lipinski definition) is 5. The molecule has 4 rings (SSSR count). The molecule has 1 aliphatic heterocycles. The third-order valence-corrected chi connectivity index (χ3v) is 7.93. The molecule has 6 nitrogen and oxygen atoms in total. The van der Waals surface area contributed by atoms with Gasteiger partial charge in [-0.25, -0.2) is 13.4 Å². The number of aromatic nitrogens is 1. The number of ether oxygens (including phenoxy) is 1. The van der Waals surface area contributed by atoms with E-state index in [1.807, 2.05) is 0 Å². The van der Waals surface area contributed by atoms with Gasteiger partial charge in [0.25, 0.3) is 0 Å². The van der Waals surface area contributed by atoms with E-state index in [0.29, 0.717) is 18.6 Å². The number of methoxy groups -OCH3 is 1. The fourth-order valence-corrected chi connectivity index (χ4v) is 6.16. The van der Waals surface area contributed by atoms with Gasteiger partial charge in [-0.05, 0) is 43.2 Å². The Morgan fingerprint density at radius 2 is 1.82 bits per heavy atom. The van der Waals surface area contributed by atoms with Crippen molar-refractivity contribution in [2.75, 3.05) is 20.2 Å². The molecule has 150 valence electrons. The quantitative estimate of drug-likeness (QED) is 0.790. The normalized spacial score (nSPS) is 28.1. The fraction of sp³-hybridized carbons (Fsp3) is 0.450. The average Bonchev–Trinajstić information content (AvgIpc) is 2.68. The lowest BCUT2D eigenvalue weighted by atomic mass is 9.63. The molecule has 8 heteroatoms. The largest absolute Gasteiger partial charge is 0.497 e. The number of fused-ring (bicyclic) bond motifs is 2. The molecule has 1 aromatic heterocycles. The van der Waals surface area contributed by atoms with E-state index in [1.165, 1.54) is 29.7 Å². The number of hydrogen-bond donors (Lipinski definition) is 1. The van der Waals surface area contributed by atoms with E-state index < -0.39 is 21.6 Å². The number of halogens is 1. The minimum absolute atomic E-state index is 0.149. The molecule has 2 fully saturated rings. The van der Waals surface area contributed by atoms with Crippen LogP contribution in [0.15, 0.2) is 47.5 Å². The first-order chi connectivity index (χ1) is 13.4. The third-order valence-electron chi connectivity index (χ3n) is 6.09. The number of sulfonamides is 1. The molecule has 2 aromatic rings. The molecule has 0 radical (unpaired) electrons. The molecule has 2 aliphatic rings. The topological polar surface area (TPSA) is 79.7 Å². The van der Waals surface area contributed by atoms with Crippen LogP contribution in [-0.2, 0) is 15.6 Å². The second-order valence-electron chi connectivity index (χ2n) is 7.49. The number of rotatable bonds is 4. The zero-order valence-electron chi connectivity index (χ0n) is 15.6. The van der Waals surface area contributed by atoms with E-state index in [9.17, 15) is 17.9 Å². The second-order valence-corrected chi connectivity index (χ2v) is 9.43. The monoisotopic (exact) mass is 406 g/mol. The molecule has 0 spiro atoms. The summed E-state index contributed by atoms with van der Waals surface area (Å²) in [6, 6.07) is 9.42. The van der Waals surface area contributed by atoms with Gasteiger partial charge in [0.15, 0.2) is 0 Å². The third kappa shape index (κ3) is 3.00. The SMILES string of the molecule is COc1ccc(S(=O)(=O)N2C[C@H]3CCC[C@@H](C2)C3(O)c2cccnc2F)cc1. The van der Waals surface area contributed by atoms with Crippen molar-refractivity contribution >= 4 is 10.0 Å². The van der Waals surface area contributed by atoms with E-state index in [0.717, 1.165) is 6.42 Å². The lowest BCUT2D eigenvalue weighted by molar-refractivity contribution is -0.135. The molecule has 1 unspecified atom stereocenters. The van der Waals surface area contributed by atoms with Crippen LogP contribution in [0.3, 0.4) is 0 Å². The first-order valence-electron chi connectivity index (χ1n) is 9.35. The average molecular weight is 406 g/mol. The molecule has 28 heavy (non-hydrogen) atoms. The molecule has 2 heterocycles. The highest BCUT2D eigenvalue weighted by molar-refractivity contribution is 7.89. The van der Waals surface area contributed by atoms with E-state index in [4.69, 9.17) is 4.74 Å². The maximum absolute atomic E-state index is 14.4. The minimum Gasteiger partial charge on any atom is -0.497 e. The van der Waals surface area contributed by atoms with Crippen molar-refractivity contribution in [3.05, 3.63) is 54.1 Å². The van der Waals surface area contributed by atoms with Crippen LogP contribution in [0.1, 0.15) is 24.8 Å². The summed E-state index contributed by atoms with van der Waals surface area (Å²) in [7, 11) is -2.19. The standard InChI is InChI=1S/C20H23FN2O4S/c1-27-16-7-9-17(10-8-16)28(25,26)23-12-14-4-2-5-15(13-23)20(14,24)18-6-3-11-22-19(18)21/h3,6-11,14-15,24H,2,4-5,12-13H2,1H3/t14-,15+,20?. The lowest BCUT2D eigenvalue weighted by Crippen LogP contribution is -2.59. The number of piperidine rings is 1. The van der Waals surface area contributed by atoms with Gasteiger partial charge in [-0.2, -0.15) is 8.70 Å². The molecular formula is C20H23FN2O4S. The Hall–Kier alpha value is -2.03. The maximum Gasteiger partial charge on any atom is 0.243 e. The smallest absolute Gasteiger partial charge is 0.243 e. The molecule has 1 saturated carbocycles. The summed E-state index contributed by atoms with van der Waals surface area (Å²) in [6.07, 6.45) is 3.50. The zero-order chi connectivity index (χ0) is 19.9. The van der Waals surface area contributed by atoms with Crippen molar-refractivity contribution in [1.29, 1.82) is 0 Å². The van der Waals surface area contributed by atoms with Gasteiger partial charge in [0.2, 0.25) is 16.0 Å². The summed E-state index contributed by atoms with van der Waals surface area (Å²) in [5.41, 5.74) is -1.23. The van der Waals surface area contributed by atoms with Crippen molar-refractivity contribution in [3.63, 3.8) is 0 Å². The Labute approximate surface area is 164 Å². The summed E-state index contributed by atoms with van der Waals surface area (Å²) >= 11 is 0. The van der Waals surface area contributed by atoms with E-state index >= 15 is 0 Å². The molecule has 2 bridgehead atoms. The second kappa shape index (κ2) is 7.09. The zero-order valence-corrected chi connectivity index (χ0v) is 16.4.